The number of allylic oxidation sites excluding steroid dienone is 1. The van der Waals surface area contributed by atoms with Crippen molar-refractivity contribution in [2.45, 2.75) is 27.2 Å². The van der Waals surface area contributed by atoms with E-state index in [1.807, 2.05) is 32.3 Å². The average Bonchev–Trinajstić information content (AvgIpc) is 2.86. The van der Waals surface area contributed by atoms with E-state index in [1.165, 1.54) is 17.3 Å². The molecule has 19 heavy (non-hydrogen) atoms. The van der Waals surface area contributed by atoms with Crippen LogP contribution in [-0.2, 0) is 0 Å². The molecule has 0 saturated heterocycles. The summed E-state index contributed by atoms with van der Waals surface area (Å²) in [4.78, 5) is 3.12. The number of hydrogen-bond donors (Lipinski definition) is 2. The topological polar surface area (TPSA) is 27.8 Å². The summed E-state index contributed by atoms with van der Waals surface area (Å²) < 4.78 is 0. The van der Waals surface area contributed by atoms with Crippen molar-refractivity contribution in [2.24, 2.45) is 5.92 Å². The second kappa shape index (κ2) is 11.5. The van der Waals surface area contributed by atoms with Gasteiger partial charge in [-0.3, -0.25) is 0 Å². The van der Waals surface area contributed by atoms with Crippen LogP contribution in [0.1, 0.15) is 27.2 Å². The van der Waals surface area contributed by atoms with Gasteiger partial charge < -0.3 is 10.3 Å². The Bertz CT molecular complexity index is 399. The molecule has 2 heteroatoms. The summed E-state index contributed by atoms with van der Waals surface area (Å²) in [7, 11) is 1.99. The van der Waals surface area contributed by atoms with Crippen LogP contribution in [-0.4, -0.2) is 18.6 Å². The first-order valence-electron chi connectivity index (χ1n) is 6.89. The van der Waals surface area contributed by atoms with Gasteiger partial charge in [0.05, 0.1) is 0 Å². The molecule has 0 unspecified atom stereocenters. The number of aromatic amines is 1. The summed E-state index contributed by atoms with van der Waals surface area (Å²) in [6.07, 6.45) is 4.99. The minimum absolute atomic E-state index is 0.840. The second-order valence-corrected chi connectivity index (χ2v) is 4.76. The fraction of sp³-hybridized carbons (Fsp3) is 0.412. The van der Waals surface area contributed by atoms with Gasteiger partial charge in [-0.2, -0.15) is 0 Å². The number of nitrogens with one attached hydrogen (secondary N) is 2. The highest BCUT2D eigenvalue weighted by atomic mass is 14.8. The Kier molecular flexibility index (Phi) is 10.6. The normalized spacial score (nSPS) is 9.32. The summed E-state index contributed by atoms with van der Waals surface area (Å²) >= 11 is 0. The predicted octanol–water partition coefficient (Wildman–Crippen LogP) is 4.61. The summed E-state index contributed by atoms with van der Waals surface area (Å²) in [6.45, 7) is 10.9. The first-order valence-corrected chi connectivity index (χ1v) is 6.89. The smallest absolute Gasteiger partial charge is 0.0453 e. The predicted molar refractivity (Wildman–Crippen MR) is 87.6 cm³/mol. The van der Waals surface area contributed by atoms with E-state index in [4.69, 9.17) is 0 Å². The van der Waals surface area contributed by atoms with E-state index in [2.05, 4.69) is 48.9 Å². The highest BCUT2D eigenvalue weighted by molar-refractivity contribution is 5.78. The molecule has 2 N–H and O–H groups in total. The summed E-state index contributed by atoms with van der Waals surface area (Å²) in [6, 6.07) is 10.3. The van der Waals surface area contributed by atoms with Gasteiger partial charge >= 0.3 is 0 Å². The van der Waals surface area contributed by atoms with Gasteiger partial charge in [0.1, 0.15) is 0 Å². The first-order chi connectivity index (χ1) is 9.15. The van der Waals surface area contributed by atoms with Crippen molar-refractivity contribution in [1.29, 1.82) is 0 Å². The van der Waals surface area contributed by atoms with Gasteiger partial charge in [-0.15, -0.1) is 6.58 Å². The van der Waals surface area contributed by atoms with Gasteiger partial charge in [0.2, 0.25) is 0 Å². The molecule has 0 bridgehead atoms. The van der Waals surface area contributed by atoms with Crippen molar-refractivity contribution in [3.8, 4) is 0 Å². The lowest BCUT2D eigenvalue weighted by atomic mass is 10.1. The minimum atomic E-state index is 0.840. The zero-order chi connectivity index (χ0) is 14.5. The van der Waals surface area contributed by atoms with Crippen molar-refractivity contribution in [1.82, 2.24) is 10.3 Å². The number of fused-ring (bicyclic) bond motifs is 1. The third kappa shape index (κ3) is 9.09. The lowest BCUT2D eigenvalue weighted by Crippen LogP contribution is -2.09. The maximum Gasteiger partial charge on any atom is 0.0453 e. The standard InChI is InChI=1S/C8H7N.C6H15N.C3H6/c1-2-4-8-7(3-1)5-6-9-8;1-6(2)4-5-7-3;1-3-2/h1-6,9H;6-7H,4-5H2,1-3H3;3H,1H2,2H3. The van der Waals surface area contributed by atoms with E-state index in [0.717, 1.165) is 12.5 Å². The second-order valence-electron chi connectivity index (χ2n) is 4.76. The van der Waals surface area contributed by atoms with Crippen LogP contribution in [0.5, 0.6) is 0 Å². The largest absolute Gasteiger partial charge is 0.361 e. The van der Waals surface area contributed by atoms with E-state index in [0.29, 0.717) is 0 Å². The van der Waals surface area contributed by atoms with Gasteiger partial charge in [0.25, 0.3) is 0 Å². The number of rotatable bonds is 3. The average molecular weight is 260 g/mol. The molecule has 2 rings (SSSR count). The molecule has 0 fully saturated rings. The maximum atomic E-state index is 3.36. The highest BCUT2D eigenvalue weighted by Gasteiger charge is 1.88. The zero-order valence-corrected chi connectivity index (χ0v) is 12.7. The van der Waals surface area contributed by atoms with Gasteiger partial charge in [0, 0.05) is 11.7 Å². The van der Waals surface area contributed by atoms with Crippen molar-refractivity contribution in [3.63, 3.8) is 0 Å². The van der Waals surface area contributed by atoms with Crippen LogP contribution < -0.4 is 5.32 Å². The number of aromatic nitrogens is 1. The van der Waals surface area contributed by atoms with Gasteiger partial charge in [-0.1, -0.05) is 38.1 Å². The molecule has 0 aliphatic carbocycles. The molecule has 0 aliphatic heterocycles. The Balaban J connectivity index is 0.000000292. The molecule has 0 radical (unpaired) electrons. The molecule has 0 saturated carbocycles. The lowest BCUT2D eigenvalue weighted by molar-refractivity contribution is 0.562. The van der Waals surface area contributed by atoms with E-state index >= 15 is 0 Å². The fourth-order valence-corrected chi connectivity index (χ4v) is 1.43. The van der Waals surface area contributed by atoms with Gasteiger partial charge in [-0.25, -0.2) is 0 Å². The molecule has 2 aromatic rings. The maximum absolute atomic E-state index is 3.36. The number of para-hydroxylation sites is 1. The molecule has 2 nitrogen and oxygen atoms in total. The van der Waals surface area contributed by atoms with E-state index < -0.39 is 0 Å². The Morgan fingerprint density at radius 2 is 1.89 bits per heavy atom. The van der Waals surface area contributed by atoms with Crippen LogP contribution >= 0.6 is 0 Å². The Morgan fingerprint density at radius 3 is 2.37 bits per heavy atom. The third-order valence-electron chi connectivity index (χ3n) is 2.43. The van der Waals surface area contributed by atoms with E-state index in [1.54, 1.807) is 6.08 Å². The molecule has 1 heterocycles. The van der Waals surface area contributed by atoms with Crippen molar-refractivity contribution in [2.75, 3.05) is 13.6 Å². The quantitative estimate of drug-likeness (QED) is 0.775. The zero-order valence-electron chi connectivity index (χ0n) is 12.7. The van der Waals surface area contributed by atoms with E-state index in [-0.39, 0.29) is 0 Å². The minimum Gasteiger partial charge on any atom is -0.361 e. The molecule has 1 aromatic heterocycles. The number of H-pyrrole nitrogens is 1. The molecule has 0 atom stereocenters. The Morgan fingerprint density at radius 1 is 1.26 bits per heavy atom. The van der Waals surface area contributed by atoms with Crippen LogP contribution in [0, 0.1) is 5.92 Å². The van der Waals surface area contributed by atoms with Crippen LogP contribution in [0.4, 0.5) is 0 Å². The highest BCUT2D eigenvalue weighted by Crippen LogP contribution is 2.09. The monoisotopic (exact) mass is 260 g/mol. The van der Waals surface area contributed by atoms with Crippen LogP contribution in [0.15, 0.2) is 49.2 Å². The fourth-order valence-electron chi connectivity index (χ4n) is 1.43. The Labute approximate surface area is 117 Å². The molecular formula is C17H28N2. The molecule has 0 amide bonds. The summed E-state index contributed by atoms with van der Waals surface area (Å²) in [5.41, 5.74) is 1.21. The molecule has 0 aliphatic rings. The third-order valence-corrected chi connectivity index (χ3v) is 2.43. The van der Waals surface area contributed by atoms with Gasteiger partial charge in [-0.05, 0) is 50.4 Å². The van der Waals surface area contributed by atoms with Crippen molar-refractivity contribution < 1.29 is 0 Å². The first kappa shape index (κ1) is 17.5. The number of hydrogen-bond acceptors (Lipinski definition) is 1. The van der Waals surface area contributed by atoms with Gasteiger partial charge in [0.15, 0.2) is 0 Å². The van der Waals surface area contributed by atoms with Crippen LogP contribution in [0.2, 0.25) is 0 Å². The Hall–Kier alpha value is -1.54. The number of benzene rings is 1. The molecule has 106 valence electrons. The lowest BCUT2D eigenvalue weighted by Gasteiger charge is -2.00. The summed E-state index contributed by atoms with van der Waals surface area (Å²) in [5, 5.41) is 4.37. The van der Waals surface area contributed by atoms with Crippen molar-refractivity contribution >= 4 is 10.9 Å². The van der Waals surface area contributed by atoms with Crippen LogP contribution in [0.3, 0.4) is 0 Å². The molecule has 0 spiro atoms. The van der Waals surface area contributed by atoms with Crippen molar-refractivity contribution in [3.05, 3.63) is 49.2 Å². The van der Waals surface area contributed by atoms with Crippen LogP contribution in [0.25, 0.3) is 10.9 Å². The molecular weight excluding hydrogens is 232 g/mol. The van der Waals surface area contributed by atoms with E-state index in [9.17, 15) is 0 Å². The molecule has 1 aromatic carbocycles. The SMILES string of the molecule is C=CC.CNCCC(C)C.c1ccc2[nH]ccc2c1. The summed E-state index contributed by atoms with van der Waals surface area (Å²) in [5.74, 6) is 0.840.